The van der Waals surface area contributed by atoms with Crippen LogP contribution in [-0.2, 0) is 18.9 Å². The minimum absolute atomic E-state index is 0.0961. The predicted molar refractivity (Wildman–Crippen MR) is 217 cm³/mol. The van der Waals surface area contributed by atoms with Gasteiger partial charge in [0.05, 0.1) is 36.7 Å². The Hall–Kier alpha value is -5.68. The summed E-state index contributed by atoms with van der Waals surface area (Å²) in [6, 6.07) is 7.49. The van der Waals surface area contributed by atoms with E-state index in [-0.39, 0.29) is 62.0 Å². The van der Waals surface area contributed by atoms with Crippen LogP contribution in [0.1, 0.15) is 53.8 Å². The average molecular weight is 817 g/mol. The van der Waals surface area contributed by atoms with Gasteiger partial charge in [-0.1, -0.05) is 37.5 Å². The summed E-state index contributed by atoms with van der Waals surface area (Å²) in [5.74, 6) is 0.0403. The Bertz CT molecular complexity index is 1860. The molecule has 4 aliphatic heterocycles. The van der Waals surface area contributed by atoms with Crippen molar-refractivity contribution in [1.29, 1.82) is 0 Å². The van der Waals surface area contributed by atoms with Crippen molar-refractivity contribution in [3.8, 4) is 11.5 Å². The highest BCUT2D eigenvalue weighted by atomic mass is 16.6. The molecule has 6 rings (SSSR count). The van der Waals surface area contributed by atoms with Gasteiger partial charge in [-0.05, 0) is 80.7 Å². The van der Waals surface area contributed by atoms with Crippen LogP contribution in [0, 0.1) is 0 Å². The number of carbonyl (C=O) groups excluding carboxylic acids is 4. The summed E-state index contributed by atoms with van der Waals surface area (Å²) in [6.45, 7) is 11.6. The number of fused-ring (bicyclic) bond motifs is 4. The molecule has 0 spiro atoms. The second kappa shape index (κ2) is 18.9. The van der Waals surface area contributed by atoms with Crippen LogP contribution >= 0.6 is 0 Å². The van der Waals surface area contributed by atoms with Crippen LogP contribution in [0.15, 0.2) is 85.0 Å². The number of carbonyl (C=O) groups is 4. The smallest absolute Gasteiger partial charge is 0.416 e. The standard InChI is InChI=1S/C43H52N4O12/c1-7-18-58-42(52)46-32-16-14-28(54-5)22-30(32)38(48)44-24-26(9-3)36(34(44)40(46)50)56-20-12-11-13-21-57-37-27(10-4)25-45-35(37)41(51)47(43(53)59-19-8-2)33-17-15-29(55-6)23-31(33)39(45)49/h7-10,14-17,22-23,34-37,40-41,50-51H,1-2,11-13,18-21,24-25H2,3-6H3/t34-,35-,36?,37?,40-,41-/m0/s1. The number of hydrogen-bond donors (Lipinski definition) is 2. The minimum atomic E-state index is -1.51. The van der Waals surface area contributed by atoms with Gasteiger partial charge in [-0.2, -0.15) is 0 Å². The number of nitrogens with zero attached hydrogens (tertiary/aromatic N) is 4. The number of aliphatic hydroxyl groups is 2. The first kappa shape index (κ1) is 42.9. The number of unbranched alkanes of at least 4 members (excludes halogenated alkanes) is 2. The molecule has 2 saturated heterocycles. The maximum atomic E-state index is 14.0. The van der Waals surface area contributed by atoms with Crippen molar-refractivity contribution in [2.24, 2.45) is 0 Å². The van der Waals surface area contributed by atoms with Gasteiger partial charge in [0.2, 0.25) is 0 Å². The van der Waals surface area contributed by atoms with E-state index in [9.17, 15) is 29.4 Å². The second-order valence-corrected chi connectivity index (χ2v) is 14.3. The van der Waals surface area contributed by atoms with E-state index < -0.39 is 60.7 Å². The molecule has 2 aromatic carbocycles. The fraction of sp³-hybridized carbons (Fsp3) is 0.442. The molecular weight excluding hydrogens is 764 g/mol. The van der Waals surface area contributed by atoms with Crippen molar-refractivity contribution in [2.45, 2.75) is 69.9 Å². The zero-order valence-electron chi connectivity index (χ0n) is 33.8. The van der Waals surface area contributed by atoms with Crippen molar-refractivity contribution in [2.75, 3.05) is 63.5 Å². The van der Waals surface area contributed by atoms with Gasteiger partial charge in [0.25, 0.3) is 11.8 Å². The molecule has 4 amide bonds. The molecule has 0 radical (unpaired) electrons. The molecule has 6 atom stereocenters. The highest BCUT2D eigenvalue weighted by Crippen LogP contribution is 2.41. The molecule has 4 heterocycles. The van der Waals surface area contributed by atoms with Gasteiger partial charge in [-0.3, -0.25) is 9.59 Å². The Morgan fingerprint density at radius 3 is 1.46 bits per heavy atom. The molecule has 16 nitrogen and oxygen atoms in total. The Morgan fingerprint density at radius 1 is 0.695 bits per heavy atom. The number of ether oxygens (including phenoxy) is 6. The van der Waals surface area contributed by atoms with E-state index >= 15 is 0 Å². The summed E-state index contributed by atoms with van der Waals surface area (Å²) in [5.41, 5.74) is 2.28. The molecule has 0 bridgehead atoms. The van der Waals surface area contributed by atoms with E-state index in [1.807, 2.05) is 26.0 Å². The summed E-state index contributed by atoms with van der Waals surface area (Å²) in [7, 11) is 2.95. The first-order chi connectivity index (χ1) is 28.5. The van der Waals surface area contributed by atoms with Gasteiger partial charge in [-0.25, -0.2) is 19.4 Å². The minimum Gasteiger partial charge on any atom is -0.497 e. The largest absolute Gasteiger partial charge is 0.497 e. The zero-order chi connectivity index (χ0) is 42.4. The Labute approximate surface area is 343 Å². The molecule has 59 heavy (non-hydrogen) atoms. The average Bonchev–Trinajstić information content (AvgIpc) is 3.77. The molecule has 0 aromatic heterocycles. The van der Waals surface area contributed by atoms with Gasteiger partial charge < -0.3 is 48.4 Å². The van der Waals surface area contributed by atoms with Gasteiger partial charge in [0, 0.05) is 26.3 Å². The van der Waals surface area contributed by atoms with Crippen LogP contribution in [0.2, 0.25) is 0 Å². The Balaban J connectivity index is 1.12. The third-order valence-electron chi connectivity index (χ3n) is 11.0. The van der Waals surface area contributed by atoms with Crippen LogP contribution in [0.5, 0.6) is 11.5 Å². The van der Waals surface area contributed by atoms with Crippen LogP contribution in [-0.4, -0.2) is 134 Å². The van der Waals surface area contributed by atoms with E-state index in [1.165, 1.54) is 48.3 Å². The fourth-order valence-electron chi connectivity index (χ4n) is 8.08. The third-order valence-corrected chi connectivity index (χ3v) is 11.0. The number of anilines is 2. The van der Waals surface area contributed by atoms with Crippen molar-refractivity contribution >= 4 is 35.4 Å². The Morgan fingerprint density at radius 2 is 1.10 bits per heavy atom. The van der Waals surface area contributed by atoms with E-state index in [1.54, 1.807) is 24.3 Å². The van der Waals surface area contributed by atoms with E-state index in [4.69, 9.17) is 28.4 Å². The van der Waals surface area contributed by atoms with Crippen LogP contribution in [0.25, 0.3) is 0 Å². The van der Waals surface area contributed by atoms with Gasteiger partial charge >= 0.3 is 12.2 Å². The summed E-state index contributed by atoms with van der Waals surface area (Å²) < 4.78 is 34.2. The van der Waals surface area contributed by atoms with Crippen molar-refractivity contribution in [3.63, 3.8) is 0 Å². The van der Waals surface area contributed by atoms with Crippen LogP contribution in [0.4, 0.5) is 21.0 Å². The first-order valence-electron chi connectivity index (χ1n) is 19.6. The number of allylic oxidation sites excluding steroid dienone is 2. The maximum Gasteiger partial charge on any atom is 0.416 e. The van der Waals surface area contributed by atoms with Crippen molar-refractivity contribution in [3.05, 3.63) is 96.1 Å². The Kier molecular flexibility index (Phi) is 13.8. The lowest BCUT2D eigenvalue weighted by Gasteiger charge is -2.34. The van der Waals surface area contributed by atoms with Crippen LogP contribution < -0.4 is 19.3 Å². The topological polar surface area (TPSA) is 177 Å². The molecule has 2 N–H and O–H groups in total. The molecular formula is C43H52N4O12. The summed E-state index contributed by atoms with van der Waals surface area (Å²) in [6.07, 6.45) is 2.24. The highest BCUT2D eigenvalue weighted by molar-refractivity contribution is 6.07. The number of amides is 4. The van der Waals surface area contributed by atoms with Crippen molar-refractivity contribution < 1.29 is 57.8 Å². The van der Waals surface area contributed by atoms with E-state index in [2.05, 4.69) is 13.2 Å². The molecule has 2 aromatic rings. The summed E-state index contributed by atoms with van der Waals surface area (Å²) in [5, 5.41) is 23.7. The van der Waals surface area contributed by atoms with E-state index in [0.29, 0.717) is 30.8 Å². The molecule has 16 heteroatoms. The molecule has 0 aliphatic carbocycles. The van der Waals surface area contributed by atoms with Gasteiger partial charge in [0.15, 0.2) is 12.5 Å². The van der Waals surface area contributed by atoms with E-state index in [0.717, 1.165) is 20.9 Å². The first-order valence-corrected chi connectivity index (χ1v) is 19.6. The van der Waals surface area contributed by atoms with Crippen LogP contribution in [0.3, 0.4) is 0 Å². The van der Waals surface area contributed by atoms with Gasteiger partial charge in [-0.15, -0.1) is 0 Å². The van der Waals surface area contributed by atoms with Gasteiger partial charge in [0.1, 0.15) is 49.0 Å². The fourth-order valence-corrected chi connectivity index (χ4v) is 8.08. The zero-order valence-corrected chi connectivity index (χ0v) is 33.8. The number of rotatable bonds is 14. The lowest BCUT2D eigenvalue weighted by Crippen LogP contribution is -2.55. The maximum absolute atomic E-state index is 14.0. The normalized spacial score (nSPS) is 24.8. The molecule has 2 fully saturated rings. The lowest BCUT2D eigenvalue weighted by atomic mass is 10.0. The second-order valence-electron chi connectivity index (χ2n) is 14.3. The number of benzene rings is 2. The quantitative estimate of drug-likeness (QED) is 0.197. The SMILES string of the molecule is C=CCOC(=O)N1c2ccc(OC)cc2C(=O)N2CC(=CC)C(OCCCCCOC3C(=CC)CN4C(=O)c5cc(OC)ccc5N(C(=O)OCC=C)[C@@H](O)[C@H]34)[C@H]2[C@@H]1O. The van der Waals surface area contributed by atoms with Crippen molar-refractivity contribution in [1.82, 2.24) is 9.80 Å². The monoisotopic (exact) mass is 816 g/mol. The molecule has 4 aliphatic rings. The summed E-state index contributed by atoms with van der Waals surface area (Å²) >= 11 is 0. The molecule has 0 saturated carbocycles. The molecule has 316 valence electrons. The number of hydrogen-bond acceptors (Lipinski definition) is 12. The summed E-state index contributed by atoms with van der Waals surface area (Å²) in [4.78, 5) is 60.0. The highest BCUT2D eigenvalue weighted by Gasteiger charge is 2.53. The number of methoxy groups -OCH3 is 2. The predicted octanol–water partition coefficient (Wildman–Crippen LogP) is 4.81. The lowest BCUT2D eigenvalue weighted by molar-refractivity contribution is -0.0172. The molecule has 2 unspecified atom stereocenters. The number of aliphatic hydroxyl groups excluding tert-OH is 2. The third kappa shape index (κ3) is 8.30.